The van der Waals surface area contributed by atoms with Gasteiger partial charge in [-0.05, 0) is 43.7 Å². The largest absolute Gasteiger partial charge is 0.416 e. The number of halogens is 3. The number of hydrogen-bond donors (Lipinski definition) is 2. The third-order valence-corrected chi connectivity index (χ3v) is 4.42. The Kier molecular flexibility index (Phi) is 5.33. The fraction of sp³-hybridized carbons (Fsp3) is 0.250. The normalized spacial score (nSPS) is 12.8. The summed E-state index contributed by atoms with van der Waals surface area (Å²) in [6.45, 7) is 3.29. The minimum atomic E-state index is -4.59. The monoisotopic (exact) mass is 389 g/mol. The van der Waals surface area contributed by atoms with Crippen molar-refractivity contribution < 1.29 is 23.1 Å². The lowest BCUT2D eigenvalue weighted by atomic mass is 10.0. The molecule has 1 atom stereocenters. The number of carbonyl (C=O) groups excluding carboxylic acids is 1. The summed E-state index contributed by atoms with van der Waals surface area (Å²) < 4.78 is 39.2. The van der Waals surface area contributed by atoms with E-state index in [9.17, 15) is 23.1 Å². The average Bonchev–Trinajstić information content (AvgIpc) is 2.65. The number of aromatic nitrogens is 2. The molecule has 5 nitrogen and oxygen atoms in total. The summed E-state index contributed by atoms with van der Waals surface area (Å²) in [4.78, 5) is 21.1. The fourth-order valence-corrected chi connectivity index (χ4v) is 2.82. The summed E-state index contributed by atoms with van der Waals surface area (Å²) in [5, 5.41) is 12.6. The molecule has 0 aliphatic carbocycles. The van der Waals surface area contributed by atoms with Gasteiger partial charge in [0.15, 0.2) is 0 Å². The number of carbonyl (C=O) groups is 1. The molecule has 1 amide bonds. The van der Waals surface area contributed by atoms with Crippen LogP contribution in [-0.2, 0) is 6.18 Å². The van der Waals surface area contributed by atoms with Crippen molar-refractivity contribution in [1.82, 2.24) is 15.3 Å². The lowest BCUT2D eigenvalue weighted by Gasteiger charge is -2.18. The Bertz CT molecular complexity index is 1030. The van der Waals surface area contributed by atoms with Crippen LogP contribution in [0.2, 0.25) is 0 Å². The lowest BCUT2D eigenvalue weighted by molar-refractivity contribution is -0.139. The van der Waals surface area contributed by atoms with E-state index in [2.05, 4.69) is 15.3 Å². The minimum absolute atomic E-state index is 0.279. The Hall–Kier alpha value is -3.00. The molecule has 146 valence electrons. The first-order chi connectivity index (χ1) is 13.2. The van der Waals surface area contributed by atoms with Crippen molar-refractivity contribution in [3.8, 4) is 0 Å². The Morgan fingerprint density at radius 2 is 1.71 bits per heavy atom. The van der Waals surface area contributed by atoms with Crippen molar-refractivity contribution in [2.45, 2.75) is 26.1 Å². The molecule has 8 heteroatoms. The summed E-state index contributed by atoms with van der Waals surface area (Å²) in [5.74, 6) is -0.523. The van der Waals surface area contributed by atoms with Gasteiger partial charge in [-0.3, -0.25) is 4.79 Å². The molecule has 2 N–H and O–H groups in total. The van der Waals surface area contributed by atoms with E-state index >= 15 is 0 Å². The molecule has 0 saturated heterocycles. The summed E-state index contributed by atoms with van der Waals surface area (Å²) in [7, 11) is 0. The van der Waals surface area contributed by atoms with Crippen molar-refractivity contribution in [2.24, 2.45) is 0 Å². The van der Waals surface area contributed by atoms with Crippen LogP contribution in [0.25, 0.3) is 11.0 Å². The lowest BCUT2D eigenvalue weighted by Crippen LogP contribution is -2.29. The van der Waals surface area contributed by atoms with E-state index in [0.29, 0.717) is 11.0 Å². The van der Waals surface area contributed by atoms with E-state index in [1.54, 1.807) is 18.2 Å². The summed E-state index contributed by atoms with van der Waals surface area (Å²) in [6.07, 6.45) is -6.08. The van der Waals surface area contributed by atoms with Crippen molar-refractivity contribution in [3.63, 3.8) is 0 Å². The number of aryl methyl sites for hydroxylation is 2. The highest BCUT2D eigenvalue weighted by atomic mass is 19.4. The summed E-state index contributed by atoms with van der Waals surface area (Å²) in [6, 6.07) is 9.50. The number of alkyl halides is 3. The molecule has 28 heavy (non-hydrogen) atoms. The first-order valence-corrected chi connectivity index (χ1v) is 8.54. The molecule has 1 aromatic heterocycles. The molecule has 3 aromatic rings. The van der Waals surface area contributed by atoms with Crippen LogP contribution in [0.3, 0.4) is 0 Å². The molecule has 0 aliphatic rings. The van der Waals surface area contributed by atoms with E-state index in [-0.39, 0.29) is 17.7 Å². The van der Waals surface area contributed by atoms with Crippen molar-refractivity contribution in [3.05, 3.63) is 70.5 Å². The van der Waals surface area contributed by atoms with Gasteiger partial charge in [0.1, 0.15) is 0 Å². The van der Waals surface area contributed by atoms with E-state index in [4.69, 9.17) is 0 Å². The van der Waals surface area contributed by atoms with Gasteiger partial charge in [-0.25, -0.2) is 9.97 Å². The molecule has 0 saturated carbocycles. The maximum absolute atomic E-state index is 13.1. The number of nitrogens with zero attached hydrogens (tertiary/aromatic N) is 2. The molecule has 0 fully saturated rings. The van der Waals surface area contributed by atoms with Gasteiger partial charge in [0, 0.05) is 12.1 Å². The molecule has 3 rings (SSSR count). The second kappa shape index (κ2) is 7.55. The SMILES string of the molecule is Cc1nc2ccc(C(=O)NCC(O)c3ccccc3C(F)(F)F)cc2nc1C. The standard InChI is InChI=1S/C20H18F3N3O2/c1-11-12(2)26-17-9-13(7-8-16(17)25-11)19(28)24-10-18(27)14-5-3-4-6-15(14)20(21,22)23/h3-9,18,27H,10H2,1-2H3,(H,24,28). The van der Waals surface area contributed by atoms with Crippen LogP contribution < -0.4 is 5.32 Å². The zero-order valence-corrected chi connectivity index (χ0v) is 15.2. The van der Waals surface area contributed by atoms with Crippen LogP contribution in [0.5, 0.6) is 0 Å². The Labute approximate surface area is 159 Å². The highest BCUT2D eigenvalue weighted by molar-refractivity contribution is 5.97. The predicted octanol–water partition coefficient (Wildman–Crippen LogP) is 3.73. The van der Waals surface area contributed by atoms with Crippen LogP contribution in [0.15, 0.2) is 42.5 Å². The number of rotatable bonds is 4. The quantitative estimate of drug-likeness (QED) is 0.713. The molecule has 1 heterocycles. The van der Waals surface area contributed by atoms with Gasteiger partial charge < -0.3 is 10.4 Å². The van der Waals surface area contributed by atoms with Gasteiger partial charge in [-0.15, -0.1) is 0 Å². The maximum Gasteiger partial charge on any atom is 0.416 e. The van der Waals surface area contributed by atoms with E-state index in [1.807, 2.05) is 13.8 Å². The summed E-state index contributed by atoms with van der Waals surface area (Å²) >= 11 is 0. The third-order valence-electron chi connectivity index (χ3n) is 4.42. The number of aliphatic hydroxyl groups excluding tert-OH is 1. The zero-order chi connectivity index (χ0) is 20.5. The number of benzene rings is 2. The zero-order valence-electron chi connectivity index (χ0n) is 15.2. The summed E-state index contributed by atoms with van der Waals surface area (Å²) in [5.41, 5.74) is 1.77. The first kappa shape index (κ1) is 19.8. The maximum atomic E-state index is 13.1. The highest BCUT2D eigenvalue weighted by Crippen LogP contribution is 2.34. The molecule has 0 radical (unpaired) electrons. The fourth-order valence-electron chi connectivity index (χ4n) is 2.82. The van der Waals surface area contributed by atoms with E-state index in [1.165, 1.54) is 18.2 Å². The van der Waals surface area contributed by atoms with Gasteiger partial charge >= 0.3 is 6.18 Å². The van der Waals surface area contributed by atoms with Gasteiger partial charge in [-0.1, -0.05) is 18.2 Å². The third kappa shape index (κ3) is 4.12. The van der Waals surface area contributed by atoms with Crippen LogP contribution in [0, 0.1) is 13.8 Å². The van der Waals surface area contributed by atoms with Crippen molar-refractivity contribution >= 4 is 16.9 Å². The topological polar surface area (TPSA) is 75.1 Å². The predicted molar refractivity (Wildman–Crippen MR) is 97.7 cm³/mol. The number of aliphatic hydroxyl groups is 1. The van der Waals surface area contributed by atoms with Crippen LogP contribution in [0.1, 0.15) is 39.0 Å². The number of amides is 1. The van der Waals surface area contributed by atoms with Gasteiger partial charge in [0.25, 0.3) is 5.91 Å². The Morgan fingerprint density at radius 3 is 2.39 bits per heavy atom. The molecular weight excluding hydrogens is 371 g/mol. The number of hydrogen-bond acceptors (Lipinski definition) is 4. The van der Waals surface area contributed by atoms with Crippen LogP contribution in [0.4, 0.5) is 13.2 Å². The van der Waals surface area contributed by atoms with Crippen molar-refractivity contribution in [1.29, 1.82) is 0 Å². The minimum Gasteiger partial charge on any atom is -0.387 e. The Morgan fingerprint density at radius 1 is 1.07 bits per heavy atom. The first-order valence-electron chi connectivity index (χ1n) is 8.54. The Balaban J connectivity index is 1.76. The van der Waals surface area contributed by atoms with Gasteiger partial charge in [0.2, 0.25) is 0 Å². The second-order valence-electron chi connectivity index (χ2n) is 6.41. The van der Waals surface area contributed by atoms with Gasteiger partial charge in [-0.2, -0.15) is 13.2 Å². The number of fused-ring (bicyclic) bond motifs is 1. The molecule has 0 aliphatic heterocycles. The average molecular weight is 389 g/mol. The van der Waals surface area contributed by atoms with E-state index in [0.717, 1.165) is 17.5 Å². The highest BCUT2D eigenvalue weighted by Gasteiger charge is 2.34. The van der Waals surface area contributed by atoms with Gasteiger partial charge in [0.05, 0.1) is 34.1 Å². The second-order valence-corrected chi connectivity index (χ2v) is 6.41. The smallest absolute Gasteiger partial charge is 0.387 e. The van der Waals surface area contributed by atoms with Crippen LogP contribution >= 0.6 is 0 Å². The number of nitrogens with one attached hydrogen (secondary N) is 1. The van der Waals surface area contributed by atoms with E-state index < -0.39 is 23.8 Å². The van der Waals surface area contributed by atoms with Crippen LogP contribution in [-0.4, -0.2) is 27.5 Å². The molecule has 2 aromatic carbocycles. The molecule has 0 bridgehead atoms. The molecular formula is C20H18F3N3O2. The molecule has 0 spiro atoms. The van der Waals surface area contributed by atoms with Crippen molar-refractivity contribution in [2.75, 3.05) is 6.54 Å². The molecule has 1 unspecified atom stereocenters.